The maximum atomic E-state index is 9.47. The van der Waals surface area contributed by atoms with E-state index in [1.54, 1.807) is 0 Å². The Hall–Kier alpha value is -6.75. The van der Waals surface area contributed by atoms with Crippen LogP contribution in [0.3, 0.4) is 0 Å². The van der Waals surface area contributed by atoms with Gasteiger partial charge in [-0.1, -0.05) is 146 Å². The summed E-state index contributed by atoms with van der Waals surface area (Å²) < 4.78 is 0. The van der Waals surface area contributed by atoms with Crippen molar-refractivity contribution < 1.29 is 0 Å². The molecule has 10 aromatic carbocycles. The number of nitriles is 1. The van der Waals surface area contributed by atoms with Crippen molar-refractivity contribution in [3.63, 3.8) is 0 Å². The van der Waals surface area contributed by atoms with E-state index in [4.69, 9.17) is 0 Å². The fourth-order valence-corrected chi connectivity index (χ4v) is 7.95. The minimum absolute atomic E-state index is 0.668. The van der Waals surface area contributed by atoms with Gasteiger partial charge in [-0.15, -0.1) is 0 Å². The quantitative estimate of drug-likeness (QED) is 0.177. The SMILES string of the molecule is N#Cc1cccc(-c2ccc(-c3cc(-c4ccc5ccccc5c4)c4ccc5ccc(-c6ccc7ccccc7c6)c6ccc3c4c56)cc2)c1. The van der Waals surface area contributed by atoms with Crippen LogP contribution in [0.2, 0.25) is 0 Å². The molecule has 0 aliphatic heterocycles. The van der Waals surface area contributed by atoms with Crippen LogP contribution in [0.4, 0.5) is 0 Å². The number of nitrogens with zero attached hydrogens (tertiary/aromatic N) is 1. The van der Waals surface area contributed by atoms with Crippen molar-refractivity contribution >= 4 is 53.9 Å². The third kappa shape index (κ3) is 4.47. The first-order chi connectivity index (χ1) is 24.7. The second-order valence-corrected chi connectivity index (χ2v) is 13.2. The molecule has 0 saturated carbocycles. The summed E-state index contributed by atoms with van der Waals surface area (Å²) in [6.45, 7) is 0. The smallest absolute Gasteiger partial charge is 0.0991 e. The van der Waals surface area contributed by atoms with E-state index in [2.05, 4.69) is 164 Å². The fourth-order valence-electron chi connectivity index (χ4n) is 7.95. The zero-order chi connectivity index (χ0) is 33.2. The van der Waals surface area contributed by atoms with Crippen LogP contribution in [0.1, 0.15) is 5.56 Å². The molecule has 0 unspecified atom stereocenters. The maximum absolute atomic E-state index is 9.47. The van der Waals surface area contributed by atoms with Crippen LogP contribution in [0.15, 0.2) is 176 Å². The van der Waals surface area contributed by atoms with Gasteiger partial charge in [-0.3, -0.25) is 0 Å². The molecule has 0 bridgehead atoms. The van der Waals surface area contributed by atoms with E-state index in [1.165, 1.54) is 87.2 Å². The second-order valence-electron chi connectivity index (χ2n) is 13.2. The van der Waals surface area contributed by atoms with E-state index < -0.39 is 0 Å². The zero-order valence-corrected chi connectivity index (χ0v) is 27.2. The Morgan fingerprint density at radius 1 is 0.300 bits per heavy atom. The van der Waals surface area contributed by atoms with Crippen LogP contribution >= 0.6 is 0 Å². The number of fused-ring (bicyclic) bond motifs is 2. The van der Waals surface area contributed by atoms with Crippen molar-refractivity contribution in [1.82, 2.24) is 0 Å². The van der Waals surface area contributed by atoms with Gasteiger partial charge in [0.25, 0.3) is 0 Å². The van der Waals surface area contributed by atoms with Crippen LogP contribution in [0.5, 0.6) is 0 Å². The zero-order valence-electron chi connectivity index (χ0n) is 27.2. The molecule has 0 aliphatic rings. The van der Waals surface area contributed by atoms with Gasteiger partial charge in [0.15, 0.2) is 0 Å². The van der Waals surface area contributed by atoms with Crippen molar-refractivity contribution in [2.45, 2.75) is 0 Å². The lowest BCUT2D eigenvalue weighted by Crippen LogP contribution is -1.92. The van der Waals surface area contributed by atoms with Gasteiger partial charge in [0.2, 0.25) is 0 Å². The molecule has 1 heteroatoms. The second kappa shape index (κ2) is 11.2. The van der Waals surface area contributed by atoms with Crippen LogP contribution in [0, 0.1) is 11.3 Å². The molecule has 50 heavy (non-hydrogen) atoms. The Labute approximate surface area is 290 Å². The lowest BCUT2D eigenvalue weighted by molar-refractivity contribution is 1.48. The van der Waals surface area contributed by atoms with Gasteiger partial charge in [0.1, 0.15) is 0 Å². The molecule has 0 fully saturated rings. The third-order valence-electron chi connectivity index (χ3n) is 10.4. The largest absolute Gasteiger partial charge is 0.192 e. The molecular formula is C49H29N. The normalized spacial score (nSPS) is 11.6. The first-order valence-corrected chi connectivity index (χ1v) is 17.1. The van der Waals surface area contributed by atoms with Crippen LogP contribution in [0.25, 0.3) is 98.4 Å². The van der Waals surface area contributed by atoms with E-state index in [0.29, 0.717) is 5.56 Å². The Morgan fingerprint density at radius 3 is 1.50 bits per heavy atom. The summed E-state index contributed by atoms with van der Waals surface area (Å²) in [4.78, 5) is 0. The topological polar surface area (TPSA) is 23.8 Å². The highest BCUT2D eigenvalue weighted by molar-refractivity contribution is 6.30. The van der Waals surface area contributed by atoms with Crippen LogP contribution in [-0.2, 0) is 0 Å². The summed E-state index contributed by atoms with van der Waals surface area (Å²) in [5.74, 6) is 0. The predicted molar refractivity (Wildman–Crippen MR) is 212 cm³/mol. The average molecular weight is 632 g/mol. The van der Waals surface area contributed by atoms with Crippen molar-refractivity contribution in [3.8, 4) is 50.6 Å². The van der Waals surface area contributed by atoms with Crippen molar-refractivity contribution in [3.05, 3.63) is 181 Å². The van der Waals surface area contributed by atoms with Crippen LogP contribution < -0.4 is 0 Å². The molecule has 0 saturated heterocycles. The molecule has 1 nitrogen and oxygen atoms in total. The van der Waals surface area contributed by atoms with Gasteiger partial charge in [-0.05, 0) is 129 Å². The Kier molecular flexibility index (Phi) is 6.31. The molecular weight excluding hydrogens is 603 g/mol. The first-order valence-electron chi connectivity index (χ1n) is 17.1. The maximum Gasteiger partial charge on any atom is 0.0991 e. The first kappa shape index (κ1) is 28.3. The van der Waals surface area contributed by atoms with E-state index in [-0.39, 0.29) is 0 Å². The highest BCUT2D eigenvalue weighted by Crippen LogP contribution is 2.46. The molecule has 0 aliphatic carbocycles. The molecule has 0 amide bonds. The standard InChI is InChI=1S/C49H29N/c50-30-31-6-5-11-37(26-31)34-12-16-35(17-13-34)46-29-47(41-19-15-33-8-2-4-10-39(33)28-41)44-23-21-36-20-22-42(43-24-25-45(46)49(44)48(36)43)40-18-14-32-7-1-3-9-38(32)27-40/h1-29H. The Morgan fingerprint density at radius 2 is 0.820 bits per heavy atom. The molecule has 0 radical (unpaired) electrons. The highest BCUT2D eigenvalue weighted by Gasteiger charge is 2.19. The molecule has 10 rings (SSSR count). The Bertz CT molecular complexity index is 2980. The highest BCUT2D eigenvalue weighted by atomic mass is 14.2. The monoisotopic (exact) mass is 631 g/mol. The molecule has 0 N–H and O–H groups in total. The summed E-state index contributed by atoms with van der Waals surface area (Å²) in [5.41, 5.74) is 10.1. The summed E-state index contributed by atoms with van der Waals surface area (Å²) >= 11 is 0. The summed E-state index contributed by atoms with van der Waals surface area (Å²) in [7, 11) is 0. The van der Waals surface area contributed by atoms with Crippen molar-refractivity contribution in [2.24, 2.45) is 0 Å². The van der Waals surface area contributed by atoms with E-state index in [1.807, 2.05) is 18.2 Å². The summed E-state index contributed by atoms with van der Waals surface area (Å²) in [5, 5.41) is 22.1. The molecule has 10 aromatic rings. The fraction of sp³-hybridized carbons (Fsp3) is 0. The summed E-state index contributed by atoms with van der Waals surface area (Å²) in [6.07, 6.45) is 0. The molecule has 0 heterocycles. The van der Waals surface area contributed by atoms with E-state index in [9.17, 15) is 5.26 Å². The summed E-state index contributed by atoms with van der Waals surface area (Å²) in [6, 6.07) is 66.0. The van der Waals surface area contributed by atoms with Gasteiger partial charge in [0, 0.05) is 0 Å². The van der Waals surface area contributed by atoms with Gasteiger partial charge in [-0.25, -0.2) is 0 Å². The molecule has 0 spiro atoms. The lowest BCUT2D eigenvalue weighted by Gasteiger charge is -2.20. The average Bonchev–Trinajstić information content (AvgIpc) is 3.19. The van der Waals surface area contributed by atoms with Gasteiger partial charge >= 0.3 is 0 Å². The molecule has 230 valence electrons. The van der Waals surface area contributed by atoms with Gasteiger partial charge in [-0.2, -0.15) is 5.26 Å². The van der Waals surface area contributed by atoms with E-state index >= 15 is 0 Å². The minimum atomic E-state index is 0.668. The van der Waals surface area contributed by atoms with Gasteiger partial charge < -0.3 is 0 Å². The van der Waals surface area contributed by atoms with Crippen molar-refractivity contribution in [1.29, 1.82) is 5.26 Å². The Balaban J connectivity index is 1.24. The number of rotatable bonds is 4. The minimum Gasteiger partial charge on any atom is -0.192 e. The number of hydrogen-bond acceptors (Lipinski definition) is 1. The number of benzene rings is 10. The van der Waals surface area contributed by atoms with E-state index in [0.717, 1.165) is 11.1 Å². The molecule has 0 atom stereocenters. The lowest BCUT2D eigenvalue weighted by atomic mass is 9.83. The predicted octanol–water partition coefficient (Wildman–Crippen LogP) is 13.4. The van der Waals surface area contributed by atoms with Gasteiger partial charge in [0.05, 0.1) is 11.6 Å². The number of hydrogen-bond donors (Lipinski definition) is 0. The molecule has 0 aromatic heterocycles. The van der Waals surface area contributed by atoms with Crippen molar-refractivity contribution in [2.75, 3.05) is 0 Å². The van der Waals surface area contributed by atoms with Crippen LogP contribution in [-0.4, -0.2) is 0 Å². The third-order valence-corrected chi connectivity index (χ3v) is 10.4.